The summed E-state index contributed by atoms with van der Waals surface area (Å²) in [7, 11) is 0. The van der Waals surface area contributed by atoms with Crippen molar-refractivity contribution in [2.75, 3.05) is 0 Å². The molecule has 0 radical (unpaired) electrons. The molecule has 0 unspecified atom stereocenters. The number of hydrogen-bond donors (Lipinski definition) is 0. The molecule has 0 amide bonds. The van der Waals surface area contributed by atoms with Crippen LogP contribution in [0.5, 0.6) is 11.6 Å². The van der Waals surface area contributed by atoms with E-state index in [0.717, 1.165) is 12.2 Å². The molecule has 4 heteroatoms. The van der Waals surface area contributed by atoms with Crippen molar-refractivity contribution >= 4 is 23.1 Å². The number of aliphatic imine (C=N–C) groups is 1. The monoisotopic (exact) mass is 256 g/mol. The Hall–Kier alpha value is -2.03. The average molecular weight is 256 g/mol. The first-order valence-corrected chi connectivity index (χ1v) is 6.03. The molecule has 0 N–H and O–H groups in total. The van der Waals surface area contributed by atoms with E-state index in [1.165, 1.54) is 5.56 Å². The molecule has 0 aliphatic rings. The van der Waals surface area contributed by atoms with Crippen LogP contribution in [-0.2, 0) is 6.42 Å². The summed E-state index contributed by atoms with van der Waals surface area (Å²) in [5, 5.41) is 2.29. The Morgan fingerprint density at radius 1 is 1.22 bits per heavy atom. The Bertz CT molecular complexity index is 557. The molecule has 3 nitrogen and oxygen atoms in total. The minimum Gasteiger partial charge on any atom is -0.439 e. The van der Waals surface area contributed by atoms with Crippen LogP contribution < -0.4 is 4.74 Å². The second-order valence-electron chi connectivity index (χ2n) is 3.66. The van der Waals surface area contributed by atoms with Gasteiger partial charge in [0.25, 0.3) is 0 Å². The zero-order valence-electron chi connectivity index (χ0n) is 9.96. The third kappa shape index (κ3) is 3.23. The first kappa shape index (κ1) is 12.4. The number of ether oxygens (including phenoxy) is 1. The standard InChI is InChI=1S/C14H12N2OS/c1-2-11-3-6-13(7-4-11)17-14-8-5-12(9-15-14)16-10-18/h3-9H,2H2,1H3. The predicted octanol–water partition coefficient (Wildman–Crippen LogP) is 4.17. The van der Waals surface area contributed by atoms with Gasteiger partial charge in [-0.25, -0.2) is 4.98 Å². The quantitative estimate of drug-likeness (QED) is 0.608. The lowest BCUT2D eigenvalue weighted by Crippen LogP contribution is -1.87. The summed E-state index contributed by atoms with van der Waals surface area (Å²) in [5.41, 5.74) is 1.94. The van der Waals surface area contributed by atoms with Crippen molar-refractivity contribution in [2.24, 2.45) is 4.99 Å². The van der Waals surface area contributed by atoms with Gasteiger partial charge in [0, 0.05) is 6.07 Å². The van der Waals surface area contributed by atoms with E-state index in [9.17, 15) is 0 Å². The van der Waals surface area contributed by atoms with Gasteiger partial charge in [-0.15, -0.1) is 0 Å². The highest BCUT2D eigenvalue weighted by Gasteiger charge is 1.99. The van der Waals surface area contributed by atoms with E-state index in [-0.39, 0.29) is 0 Å². The number of rotatable bonds is 4. The van der Waals surface area contributed by atoms with E-state index < -0.39 is 0 Å². The number of hydrogen-bond acceptors (Lipinski definition) is 4. The topological polar surface area (TPSA) is 34.5 Å². The number of nitrogens with zero attached hydrogens (tertiary/aromatic N) is 2. The fourth-order valence-electron chi connectivity index (χ4n) is 1.47. The van der Waals surface area contributed by atoms with Crippen molar-refractivity contribution in [3.05, 3.63) is 48.2 Å². The lowest BCUT2D eigenvalue weighted by molar-refractivity contribution is 0.463. The molecule has 0 atom stereocenters. The molecule has 0 fully saturated rings. The molecule has 90 valence electrons. The van der Waals surface area contributed by atoms with Crippen LogP contribution in [0.4, 0.5) is 5.69 Å². The number of aryl methyl sites for hydroxylation is 1. The lowest BCUT2D eigenvalue weighted by atomic mass is 10.2. The summed E-state index contributed by atoms with van der Waals surface area (Å²) in [5.74, 6) is 1.30. The van der Waals surface area contributed by atoms with Crippen LogP contribution in [0.25, 0.3) is 0 Å². The molecule has 2 aromatic rings. The number of thiocarbonyl (C=S) groups is 1. The maximum absolute atomic E-state index is 5.61. The third-order valence-corrected chi connectivity index (χ3v) is 2.54. The smallest absolute Gasteiger partial charge is 0.219 e. The van der Waals surface area contributed by atoms with Gasteiger partial charge in [0.1, 0.15) is 5.75 Å². The minimum atomic E-state index is 0.530. The van der Waals surface area contributed by atoms with Gasteiger partial charge in [0.15, 0.2) is 0 Å². The minimum absolute atomic E-state index is 0.530. The predicted molar refractivity (Wildman–Crippen MR) is 74.8 cm³/mol. The first-order chi connectivity index (χ1) is 8.81. The molecule has 1 aromatic heterocycles. The van der Waals surface area contributed by atoms with Gasteiger partial charge < -0.3 is 4.74 Å². The van der Waals surface area contributed by atoms with Crippen molar-refractivity contribution in [1.82, 2.24) is 4.98 Å². The van der Waals surface area contributed by atoms with Crippen LogP contribution >= 0.6 is 12.2 Å². The number of isothiocyanates is 1. The number of aromatic nitrogens is 1. The molecule has 2 rings (SSSR count). The summed E-state index contributed by atoms with van der Waals surface area (Å²) in [4.78, 5) is 7.96. The maximum atomic E-state index is 5.61. The Balaban J connectivity index is 2.10. The maximum Gasteiger partial charge on any atom is 0.219 e. The molecule has 1 heterocycles. The fraction of sp³-hybridized carbons (Fsp3) is 0.143. The molecule has 0 saturated heterocycles. The van der Waals surface area contributed by atoms with Gasteiger partial charge in [-0.2, -0.15) is 4.99 Å². The number of benzene rings is 1. The second kappa shape index (κ2) is 6.05. The van der Waals surface area contributed by atoms with Crippen molar-refractivity contribution in [1.29, 1.82) is 0 Å². The molecular weight excluding hydrogens is 244 g/mol. The van der Waals surface area contributed by atoms with E-state index in [2.05, 4.69) is 34.3 Å². The van der Waals surface area contributed by atoms with Crippen LogP contribution in [-0.4, -0.2) is 10.1 Å². The van der Waals surface area contributed by atoms with Crippen LogP contribution in [0.3, 0.4) is 0 Å². The van der Waals surface area contributed by atoms with Crippen LogP contribution in [0.15, 0.2) is 47.6 Å². The molecule has 0 saturated carbocycles. The van der Waals surface area contributed by atoms with Crippen molar-refractivity contribution in [2.45, 2.75) is 13.3 Å². The second-order valence-corrected chi connectivity index (χ2v) is 3.84. The molecule has 0 spiro atoms. The highest BCUT2D eigenvalue weighted by molar-refractivity contribution is 7.78. The van der Waals surface area contributed by atoms with Crippen LogP contribution in [0.2, 0.25) is 0 Å². The third-order valence-electron chi connectivity index (χ3n) is 2.45. The first-order valence-electron chi connectivity index (χ1n) is 5.62. The van der Waals surface area contributed by atoms with Gasteiger partial charge in [0.05, 0.1) is 17.0 Å². The van der Waals surface area contributed by atoms with E-state index in [4.69, 9.17) is 4.74 Å². The van der Waals surface area contributed by atoms with Crippen molar-refractivity contribution < 1.29 is 4.74 Å². The van der Waals surface area contributed by atoms with E-state index >= 15 is 0 Å². The zero-order valence-corrected chi connectivity index (χ0v) is 10.8. The van der Waals surface area contributed by atoms with E-state index in [0.29, 0.717) is 11.6 Å². The zero-order chi connectivity index (χ0) is 12.8. The molecule has 0 bridgehead atoms. The lowest BCUT2D eigenvalue weighted by Gasteiger charge is -2.05. The largest absolute Gasteiger partial charge is 0.439 e. The highest BCUT2D eigenvalue weighted by Crippen LogP contribution is 2.21. The van der Waals surface area contributed by atoms with Gasteiger partial charge in [0.2, 0.25) is 5.88 Å². The van der Waals surface area contributed by atoms with Gasteiger partial charge in [-0.05, 0) is 42.4 Å². The summed E-state index contributed by atoms with van der Waals surface area (Å²) < 4.78 is 5.61. The molecule has 1 aromatic carbocycles. The Kier molecular flexibility index (Phi) is 4.18. The van der Waals surface area contributed by atoms with Crippen molar-refractivity contribution in [3.63, 3.8) is 0 Å². The molecular formula is C14H12N2OS. The van der Waals surface area contributed by atoms with Crippen LogP contribution in [0, 0.1) is 0 Å². The highest BCUT2D eigenvalue weighted by atomic mass is 32.1. The molecule has 0 aliphatic heterocycles. The van der Waals surface area contributed by atoms with Crippen LogP contribution in [0.1, 0.15) is 12.5 Å². The van der Waals surface area contributed by atoms with Gasteiger partial charge in [-0.1, -0.05) is 19.1 Å². The van der Waals surface area contributed by atoms with Gasteiger partial charge >= 0.3 is 0 Å². The Morgan fingerprint density at radius 2 is 2.00 bits per heavy atom. The Morgan fingerprint density at radius 3 is 2.56 bits per heavy atom. The normalized spacial score (nSPS) is 9.61. The fourth-order valence-corrected chi connectivity index (χ4v) is 1.57. The molecule has 18 heavy (non-hydrogen) atoms. The van der Waals surface area contributed by atoms with E-state index in [1.54, 1.807) is 18.3 Å². The van der Waals surface area contributed by atoms with Gasteiger partial charge in [-0.3, -0.25) is 0 Å². The molecule has 0 aliphatic carbocycles. The SMILES string of the molecule is CCc1ccc(Oc2ccc(N=C=S)cn2)cc1. The summed E-state index contributed by atoms with van der Waals surface area (Å²) >= 11 is 4.52. The summed E-state index contributed by atoms with van der Waals surface area (Å²) in [6, 6.07) is 11.5. The summed E-state index contributed by atoms with van der Waals surface area (Å²) in [6.45, 7) is 2.12. The Labute approximate surface area is 111 Å². The van der Waals surface area contributed by atoms with Crippen molar-refractivity contribution in [3.8, 4) is 11.6 Å². The number of pyridine rings is 1. The average Bonchev–Trinajstić information content (AvgIpc) is 2.42. The van der Waals surface area contributed by atoms with E-state index in [1.807, 2.05) is 24.3 Å². The summed E-state index contributed by atoms with van der Waals surface area (Å²) in [6.07, 6.45) is 2.61.